The van der Waals surface area contributed by atoms with Crippen molar-refractivity contribution in [3.8, 4) is 0 Å². The molecule has 2 fully saturated rings. The Morgan fingerprint density at radius 1 is 1.24 bits per heavy atom. The predicted octanol–water partition coefficient (Wildman–Crippen LogP) is 2.89. The van der Waals surface area contributed by atoms with Crippen LogP contribution in [0.25, 0.3) is 0 Å². The van der Waals surface area contributed by atoms with Gasteiger partial charge in [0.25, 0.3) is 0 Å². The molecule has 2 heterocycles. The van der Waals surface area contributed by atoms with Gasteiger partial charge in [-0.2, -0.15) is 0 Å². The van der Waals surface area contributed by atoms with E-state index in [9.17, 15) is 4.39 Å². The number of nitrogens with one attached hydrogen (secondary N) is 1. The van der Waals surface area contributed by atoms with Gasteiger partial charge in [0.05, 0.1) is 32.4 Å². The molecule has 0 spiro atoms. The van der Waals surface area contributed by atoms with Gasteiger partial charge in [0.1, 0.15) is 11.9 Å². The lowest BCUT2D eigenvalue weighted by atomic mass is 10.1. The van der Waals surface area contributed by atoms with Crippen molar-refractivity contribution in [3.63, 3.8) is 0 Å². The molecule has 0 aromatic heterocycles. The lowest BCUT2D eigenvalue weighted by molar-refractivity contribution is -0.0605. The second-order valence-electron chi connectivity index (χ2n) is 7.58. The average molecular weight is 520 g/mol. The molecule has 2 saturated heterocycles. The van der Waals surface area contributed by atoms with E-state index in [-0.39, 0.29) is 42.0 Å². The highest BCUT2D eigenvalue weighted by molar-refractivity contribution is 14.0. The van der Waals surface area contributed by atoms with E-state index in [1.165, 1.54) is 12.1 Å². The third-order valence-corrected chi connectivity index (χ3v) is 5.31. The molecule has 0 aliphatic carbocycles. The van der Waals surface area contributed by atoms with E-state index in [4.69, 9.17) is 14.5 Å². The minimum Gasteiger partial charge on any atom is -0.379 e. The van der Waals surface area contributed by atoms with Crippen LogP contribution >= 0.6 is 24.0 Å². The monoisotopic (exact) mass is 520 g/mol. The molecule has 2 aliphatic rings. The summed E-state index contributed by atoms with van der Waals surface area (Å²) in [5.41, 5.74) is 0.996. The minimum absolute atomic E-state index is 0. The molecule has 3 unspecified atom stereocenters. The molecular weight excluding hydrogens is 486 g/mol. The van der Waals surface area contributed by atoms with Crippen LogP contribution in [0.5, 0.6) is 0 Å². The quantitative estimate of drug-likeness (QED) is 0.368. The molecule has 29 heavy (non-hydrogen) atoms. The largest absolute Gasteiger partial charge is 0.379 e. The maximum absolute atomic E-state index is 13.3. The van der Waals surface area contributed by atoms with Crippen LogP contribution in [-0.2, 0) is 9.47 Å². The van der Waals surface area contributed by atoms with E-state index in [1.54, 1.807) is 12.1 Å². The first-order valence-electron chi connectivity index (χ1n) is 10.3. The third-order valence-electron chi connectivity index (χ3n) is 5.31. The molecule has 6 nitrogen and oxygen atoms in total. The summed E-state index contributed by atoms with van der Waals surface area (Å²) in [7, 11) is 0. The highest BCUT2D eigenvalue weighted by Crippen LogP contribution is 2.25. The summed E-state index contributed by atoms with van der Waals surface area (Å²) in [6, 6.07) is 6.97. The zero-order valence-electron chi connectivity index (χ0n) is 17.6. The molecule has 1 aromatic rings. The Morgan fingerprint density at radius 2 is 1.93 bits per heavy atom. The molecule has 1 aromatic carbocycles. The van der Waals surface area contributed by atoms with Crippen molar-refractivity contribution in [2.24, 2.45) is 4.99 Å². The molecular formula is C21H34FIN4O2. The summed E-state index contributed by atoms with van der Waals surface area (Å²) >= 11 is 0. The van der Waals surface area contributed by atoms with Gasteiger partial charge in [0.2, 0.25) is 0 Å². The molecule has 0 bridgehead atoms. The van der Waals surface area contributed by atoms with Crippen molar-refractivity contribution in [2.45, 2.75) is 39.0 Å². The highest BCUT2D eigenvalue weighted by Gasteiger charge is 2.28. The molecule has 164 valence electrons. The maximum atomic E-state index is 13.3. The summed E-state index contributed by atoms with van der Waals surface area (Å²) < 4.78 is 24.8. The van der Waals surface area contributed by atoms with Crippen molar-refractivity contribution in [2.75, 3.05) is 52.5 Å². The van der Waals surface area contributed by atoms with E-state index in [2.05, 4.69) is 35.9 Å². The molecule has 0 radical (unpaired) electrons. The number of ether oxygens (including phenoxy) is 2. The second-order valence-corrected chi connectivity index (χ2v) is 7.58. The van der Waals surface area contributed by atoms with E-state index >= 15 is 0 Å². The first-order chi connectivity index (χ1) is 13.6. The lowest BCUT2D eigenvalue weighted by Crippen LogP contribution is -2.51. The van der Waals surface area contributed by atoms with Gasteiger partial charge in [0.15, 0.2) is 5.96 Å². The Kier molecular flexibility index (Phi) is 10.1. The van der Waals surface area contributed by atoms with Crippen molar-refractivity contribution in [3.05, 3.63) is 35.6 Å². The molecule has 3 atom stereocenters. The fourth-order valence-electron chi connectivity index (χ4n) is 3.76. The number of rotatable bonds is 5. The van der Waals surface area contributed by atoms with E-state index in [0.29, 0.717) is 12.6 Å². The van der Waals surface area contributed by atoms with Crippen molar-refractivity contribution < 1.29 is 13.9 Å². The van der Waals surface area contributed by atoms with Crippen LogP contribution in [0.3, 0.4) is 0 Å². The number of benzene rings is 1. The van der Waals surface area contributed by atoms with Gasteiger partial charge in [0, 0.05) is 32.2 Å². The van der Waals surface area contributed by atoms with Crippen LogP contribution in [0.1, 0.15) is 32.4 Å². The normalized spacial score (nSPS) is 24.7. The molecule has 3 rings (SSSR count). The Bertz CT molecular complexity index is 640. The Morgan fingerprint density at radius 3 is 2.59 bits per heavy atom. The first kappa shape index (κ1) is 24.3. The van der Waals surface area contributed by atoms with Crippen LogP contribution in [0.15, 0.2) is 29.3 Å². The number of nitrogens with zero attached hydrogens (tertiary/aromatic N) is 3. The lowest BCUT2D eigenvalue weighted by Gasteiger charge is -2.39. The van der Waals surface area contributed by atoms with E-state index < -0.39 is 0 Å². The number of aliphatic imine (C=N–C) groups is 1. The van der Waals surface area contributed by atoms with Gasteiger partial charge in [-0.3, -0.25) is 9.89 Å². The number of hydrogen-bond donors (Lipinski definition) is 1. The van der Waals surface area contributed by atoms with Crippen molar-refractivity contribution in [1.82, 2.24) is 15.1 Å². The number of guanidine groups is 1. The van der Waals surface area contributed by atoms with Gasteiger partial charge >= 0.3 is 0 Å². The van der Waals surface area contributed by atoms with Gasteiger partial charge in [-0.25, -0.2) is 4.39 Å². The second kappa shape index (κ2) is 12.0. The fourth-order valence-corrected chi connectivity index (χ4v) is 3.76. The molecule has 2 aliphatic heterocycles. The molecule has 0 amide bonds. The molecule has 8 heteroatoms. The van der Waals surface area contributed by atoms with Crippen LogP contribution in [0.4, 0.5) is 4.39 Å². The van der Waals surface area contributed by atoms with Gasteiger partial charge < -0.3 is 19.7 Å². The Balaban J connectivity index is 0.00000300. The maximum Gasteiger partial charge on any atom is 0.194 e. The smallest absolute Gasteiger partial charge is 0.194 e. The highest BCUT2D eigenvalue weighted by atomic mass is 127. The van der Waals surface area contributed by atoms with Crippen molar-refractivity contribution in [1.29, 1.82) is 0 Å². The third kappa shape index (κ3) is 7.04. The Hall–Kier alpha value is -0.970. The zero-order valence-corrected chi connectivity index (χ0v) is 20.0. The van der Waals surface area contributed by atoms with Gasteiger partial charge in [-0.05, 0) is 38.5 Å². The SMILES string of the molecule is CCNC(=NCC(C)N1CCOCC1)N1CC(C)OC(c2ccc(F)cc2)C1.I. The topological polar surface area (TPSA) is 49.3 Å². The first-order valence-corrected chi connectivity index (χ1v) is 10.3. The molecule has 1 N–H and O–H groups in total. The van der Waals surface area contributed by atoms with E-state index in [0.717, 1.165) is 57.5 Å². The van der Waals surface area contributed by atoms with Crippen LogP contribution in [0, 0.1) is 5.82 Å². The summed E-state index contributed by atoms with van der Waals surface area (Å²) in [5, 5.41) is 3.43. The van der Waals surface area contributed by atoms with Gasteiger partial charge in [-0.15, -0.1) is 24.0 Å². The fraction of sp³-hybridized carbons (Fsp3) is 0.667. The van der Waals surface area contributed by atoms with Crippen LogP contribution in [-0.4, -0.2) is 80.4 Å². The minimum atomic E-state index is -0.225. The number of halogens is 2. The zero-order chi connectivity index (χ0) is 19.9. The summed E-state index contributed by atoms with van der Waals surface area (Å²) in [5.74, 6) is 0.696. The van der Waals surface area contributed by atoms with E-state index in [1.807, 2.05) is 0 Å². The molecule has 0 saturated carbocycles. The predicted molar refractivity (Wildman–Crippen MR) is 125 cm³/mol. The van der Waals surface area contributed by atoms with Crippen molar-refractivity contribution >= 4 is 29.9 Å². The Labute approximate surface area is 190 Å². The number of morpholine rings is 2. The number of hydrogen-bond acceptors (Lipinski definition) is 4. The van der Waals surface area contributed by atoms with Gasteiger partial charge in [-0.1, -0.05) is 12.1 Å². The summed E-state index contributed by atoms with van der Waals surface area (Å²) in [6.07, 6.45) is -0.0193. The summed E-state index contributed by atoms with van der Waals surface area (Å²) in [4.78, 5) is 9.61. The standard InChI is InChI=1S/C21H33FN4O2.HI/c1-4-23-21(24-13-16(2)25-9-11-27-12-10-25)26-14-17(3)28-20(15-26)18-5-7-19(22)8-6-18;/h5-8,16-17,20H,4,9-15H2,1-3H3,(H,23,24);1H. The summed E-state index contributed by atoms with van der Waals surface area (Å²) in [6.45, 7) is 13.0. The average Bonchev–Trinajstić information content (AvgIpc) is 2.71. The van der Waals surface area contributed by atoms with Crippen LogP contribution in [0.2, 0.25) is 0 Å². The van der Waals surface area contributed by atoms with Crippen LogP contribution < -0.4 is 5.32 Å².